The second kappa shape index (κ2) is 7.84. The zero-order valence-corrected chi connectivity index (χ0v) is 16.7. The number of aliphatic imine (C=N–C) groups is 2. The van der Waals surface area contributed by atoms with Crippen LogP contribution in [-0.4, -0.2) is 32.8 Å². The van der Waals surface area contributed by atoms with E-state index in [1.807, 2.05) is 50.3 Å². The number of allylic oxidation sites excluding steroid dienone is 1. The van der Waals surface area contributed by atoms with Gasteiger partial charge in [-0.25, -0.2) is 0 Å². The molecule has 0 saturated heterocycles. The van der Waals surface area contributed by atoms with Gasteiger partial charge in [0.05, 0.1) is 32.7 Å². The highest BCUT2D eigenvalue weighted by Crippen LogP contribution is 2.39. The Balaban J connectivity index is 2.14. The first kappa shape index (κ1) is 19.0. The van der Waals surface area contributed by atoms with Gasteiger partial charge < -0.3 is 14.2 Å². The maximum atomic E-state index is 6.10. The minimum atomic E-state index is 0.556. The largest absolute Gasteiger partial charge is 0.493 e. The zero-order valence-electron chi connectivity index (χ0n) is 16.0. The summed E-state index contributed by atoms with van der Waals surface area (Å²) in [5, 5.41) is 0.634. The minimum Gasteiger partial charge on any atom is -0.493 e. The first-order chi connectivity index (χ1) is 13.0. The van der Waals surface area contributed by atoms with E-state index in [2.05, 4.69) is 0 Å². The molecule has 1 aliphatic rings. The standard InChI is InChI=1S/C21H21ClN2O3/c1-12-16(13(2)24-18-11-15(22)6-7-17(18)23-12)8-14-9-19(25-3)21(27-5)20(10-14)26-4/h6-11H,1-5H3/b16-8+. The fourth-order valence-corrected chi connectivity index (χ4v) is 3.15. The van der Waals surface area contributed by atoms with E-state index < -0.39 is 0 Å². The van der Waals surface area contributed by atoms with Crippen molar-refractivity contribution in [1.82, 2.24) is 0 Å². The van der Waals surface area contributed by atoms with Gasteiger partial charge >= 0.3 is 0 Å². The van der Waals surface area contributed by atoms with E-state index in [1.54, 1.807) is 21.3 Å². The molecule has 5 nitrogen and oxygen atoms in total. The average molecular weight is 385 g/mol. The van der Waals surface area contributed by atoms with Crippen LogP contribution in [0.15, 0.2) is 45.9 Å². The average Bonchev–Trinajstić information content (AvgIpc) is 2.77. The third-order valence-corrected chi connectivity index (χ3v) is 4.53. The van der Waals surface area contributed by atoms with Crippen LogP contribution in [0.2, 0.25) is 5.02 Å². The van der Waals surface area contributed by atoms with Gasteiger partial charge in [-0.05, 0) is 55.8 Å². The molecule has 0 aromatic heterocycles. The van der Waals surface area contributed by atoms with E-state index in [-0.39, 0.29) is 0 Å². The highest BCUT2D eigenvalue weighted by atomic mass is 35.5. The molecule has 27 heavy (non-hydrogen) atoms. The lowest BCUT2D eigenvalue weighted by molar-refractivity contribution is 0.324. The predicted molar refractivity (Wildman–Crippen MR) is 111 cm³/mol. The molecule has 140 valence electrons. The molecule has 0 bridgehead atoms. The van der Waals surface area contributed by atoms with E-state index in [4.69, 9.17) is 35.8 Å². The van der Waals surface area contributed by atoms with Gasteiger partial charge in [-0.15, -0.1) is 0 Å². The number of hydrogen-bond acceptors (Lipinski definition) is 5. The Morgan fingerprint density at radius 2 is 1.41 bits per heavy atom. The minimum absolute atomic E-state index is 0.556. The summed E-state index contributed by atoms with van der Waals surface area (Å²) in [5.74, 6) is 1.74. The quantitative estimate of drug-likeness (QED) is 0.684. The van der Waals surface area contributed by atoms with Crippen LogP contribution in [-0.2, 0) is 0 Å². The summed E-state index contributed by atoms with van der Waals surface area (Å²) >= 11 is 6.10. The van der Waals surface area contributed by atoms with Crippen molar-refractivity contribution in [2.45, 2.75) is 13.8 Å². The third-order valence-electron chi connectivity index (χ3n) is 4.29. The Hall–Kier alpha value is -2.79. The summed E-state index contributed by atoms with van der Waals surface area (Å²) in [7, 11) is 4.78. The molecule has 2 aromatic rings. The third kappa shape index (κ3) is 3.83. The number of hydrogen-bond donors (Lipinski definition) is 0. The first-order valence-corrected chi connectivity index (χ1v) is 8.77. The Kier molecular flexibility index (Phi) is 5.51. The van der Waals surface area contributed by atoms with Crippen molar-refractivity contribution in [3.05, 3.63) is 46.5 Å². The van der Waals surface area contributed by atoms with Gasteiger partial charge in [0, 0.05) is 22.0 Å². The molecule has 0 atom stereocenters. The highest BCUT2D eigenvalue weighted by Gasteiger charge is 2.16. The van der Waals surface area contributed by atoms with Crippen molar-refractivity contribution in [1.29, 1.82) is 0 Å². The van der Waals surface area contributed by atoms with Crippen LogP contribution < -0.4 is 14.2 Å². The van der Waals surface area contributed by atoms with Crippen molar-refractivity contribution in [2.75, 3.05) is 21.3 Å². The molecule has 0 unspecified atom stereocenters. The van der Waals surface area contributed by atoms with Crippen LogP contribution in [0, 0.1) is 0 Å². The lowest BCUT2D eigenvalue weighted by Crippen LogP contribution is -2.05. The summed E-state index contributed by atoms with van der Waals surface area (Å²) in [6, 6.07) is 9.30. The molecule has 0 amide bonds. The molecule has 0 aliphatic carbocycles. The number of halogens is 1. The fraction of sp³-hybridized carbons (Fsp3) is 0.238. The number of methoxy groups -OCH3 is 3. The van der Waals surface area contributed by atoms with Gasteiger partial charge in [-0.2, -0.15) is 0 Å². The van der Waals surface area contributed by atoms with Gasteiger partial charge in [-0.1, -0.05) is 11.6 Å². The summed E-state index contributed by atoms with van der Waals surface area (Å²) in [5.41, 5.74) is 5.10. The van der Waals surface area contributed by atoms with Crippen LogP contribution in [0.1, 0.15) is 19.4 Å². The highest BCUT2D eigenvalue weighted by molar-refractivity contribution is 6.31. The van der Waals surface area contributed by atoms with Crippen LogP contribution in [0.5, 0.6) is 17.2 Å². The Morgan fingerprint density at radius 1 is 0.815 bits per heavy atom. The number of fused-ring (bicyclic) bond motifs is 1. The van der Waals surface area contributed by atoms with Crippen LogP contribution in [0.3, 0.4) is 0 Å². The molecule has 0 saturated carbocycles. The Bertz CT molecular complexity index is 952. The Labute approximate surface area is 164 Å². The second-order valence-electron chi connectivity index (χ2n) is 6.04. The molecular weight excluding hydrogens is 364 g/mol. The van der Waals surface area contributed by atoms with Gasteiger partial charge in [-0.3, -0.25) is 9.98 Å². The van der Waals surface area contributed by atoms with Gasteiger partial charge in [0.25, 0.3) is 0 Å². The van der Waals surface area contributed by atoms with E-state index in [1.165, 1.54) is 0 Å². The maximum Gasteiger partial charge on any atom is 0.203 e. The topological polar surface area (TPSA) is 52.4 Å². The fourth-order valence-electron chi connectivity index (χ4n) is 2.98. The van der Waals surface area contributed by atoms with Crippen molar-refractivity contribution in [3.8, 4) is 17.2 Å². The van der Waals surface area contributed by atoms with E-state index >= 15 is 0 Å². The smallest absolute Gasteiger partial charge is 0.203 e. The molecule has 1 heterocycles. The molecule has 0 fully saturated rings. The number of nitrogens with zero attached hydrogens (tertiary/aromatic N) is 2. The van der Waals surface area contributed by atoms with E-state index in [9.17, 15) is 0 Å². The van der Waals surface area contributed by atoms with Crippen molar-refractivity contribution in [2.24, 2.45) is 9.98 Å². The normalized spacial score (nSPS) is 14.8. The lowest BCUT2D eigenvalue weighted by atomic mass is 10.0. The molecule has 0 radical (unpaired) electrons. The summed E-state index contributed by atoms with van der Waals surface area (Å²) in [4.78, 5) is 9.42. The zero-order chi connectivity index (χ0) is 19.6. The molecule has 1 aliphatic heterocycles. The maximum absolute atomic E-state index is 6.10. The van der Waals surface area contributed by atoms with Gasteiger partial charge in [0.1, 0.15) is 0 Å². The summed E-state index contributed by atoms with van der Waals surface area (Å²) in [6.07, 6.45) is 2.01. The number of ether oxygens (including phenoxy) is 3. The molecule has 0 spiro atoms. The Morgan fingerprint density at radius 3 is 1.96 bits per heavy atom. The van der Waals surface area contributed by atoms with Crippen molar-refractivity contribution in [3.63, 3.8) is 0 Å². The summed E-state index contributed by atoms with van der Waals surface area (Å²) < 4.78 is 16.3. The lowest BCUT2D eigenvalue weighted by Gasteiger charge is -2.13. The SMILES string of the molecule is COc1cc(/C=C2\C(C)=Nc3ccc(Cl)cc3N=C2C)cc(OC)c1OC. The predicted octanol–water partition coefficient (Wildman–Crippen LogP) is 5.65. The van der Waals surface area contributed by atoms with E-state index in [0.29, 0.717) is 22.3 Å². The van der Waals surface area contributed by atoms with Crippen LogP contribution in [0.4, 0.5) is 11.4 Å². The monoisotopic (exact) mass is 384 g/mol. The van der Waals surface area contributed by atoms with Gasteiger partial charge in [0.15, 0.2) is 11.5 Å². The van der Waals surface area contributed by atoms with E-state index in [0.717, 1.165) is 33.9 Å². The second-order valence-corrected chi connectivity index (χ2v) is 6.48. The molecule has 3 rings (SSSR count). The molecule has 2 aromatic carbocycles. The van der Waals surface area contributed by atoms with Gasteiger partial charge in [0.2, 0.25) is 5.75 Å². The number of rotatable bonds is 4. The molecular formula is C21H21ClN2O3. The van der Waals surface area contributed by atoms with Crippen LogP contribution >= 0.6 is 11.6 Å². The first-order valence-electron chi connectivity index (χ1n) is 8.39. The number of benzene rings is 2. The van der Waals surface area contributed by atoms with Crippen molar-refractivity contribution < 1.29 is 14.2 Å². The summed E-state index contributed by atoms with van der Waals surface area (Å²) in [6.45, 7) is 3.92. The van der Waals surface area contributed by atoms with Crippen LogP contribution in [0.25, 0.3) is 6.08 Å². The molecule has 0 N–H and O–H groups in total. The van der Waals surface area contributed by atoms with Crippen molar-refractivity contribution >= 4 is 40.5 Å². The molecule has 6 heteroatoms.